The summed E-state index contributed by atoms with van der Waals surface area (Å²) < 4.78 is 0. The predicted octanol–water partition coefficient (Wildman–Crippen LogP) is 3.25. The number of rotatable bonds is 5. The molecule has 0 bridgehead atoms. The number of carbonyl (C=O) groups is 1. The summed E-state index contributed by atoms with van der Waals surface area (Å²) >= 11 is 0. The van der Waals surface area contributed by atoms with E-state index in [1.165, 1.54) is 0 Å². The monoisotopic (exact) mass is 296 g/mol. The first-order valence-corrected chi connectivity index (χ1v) is 7.08. The number of amides is 1. The molecule has 0 atom stereocenters. The Kier molecular flexibility index (Phi) is 4.88. The van der Waals surface area contributed by atoms with Gasteiger partial charge in [-0.15, -0.1) is 6.58 Å². The number of nitrogens with zero attached hydrogens (tertiary/aromatic N) is 2. The molecule has 0 aliphatic carbocycles. The molecule has 0 spiro atoms. The minimum Gasteiger partial charge on any atom is -0.366 e. The first-order chi connectivity index (χ1) is 10.5. The Balaban J connectivity index is 2.21. The minimum absolute atomic E-state index is 0.253. The highest BCUT2D eigenvalue weighted by molar-refractivity contribution is 6.03. The second-order valence-electron chi connectivity index (χ2n) is 5.19. The Morgan fingerprint density at radius 3 is 2.45 bits per heavy atom. The van der Waals surface area contributed by atoms with Crippen molar-refractivity contribution in [3.8, 4) is 0 Å². The molecule has 0 aliphatic heterocycles. The molecule has 0 fully saturated rings. The van der Waals surface area contributed by atoms with Crippen molar-refractivity contribution in [2.24, 2.45) is 0 Å². The molecule has 0 saturated heterocycles. The molecule has 2 aromatic rings. The number of aryl methyl sites for hydroxylation is 3. The highest BCUT2D eigenvalue weighted by Crippen LogP contribution is 2.15. The molecular weight excluding hydrogens is 276 g/mol. The molecule has 2 rings (SSSR count). The summed E-state index contributed by atoms with van der Waals surface area (Å²) in [5.74, 6) is 0.898. The molecular formula is C17H20N4O. The van der Waals surface area contributed by atoms with E-state index >= 15 is 0 Å². The fraction of sp³-hybridized carbons (Fsp3) is 0.235. The maximum absolute atomic E-state index is 12.4. The van der Waals surface area contributed by atoms with E-state index in [0.717, 1.165) is 16.8 Å². The Morgan fingerprint density at radius 2 is 1.82 bits per heavy atom. The van der Waals surface area contributed by atoms with Crippen LogP contribution in [0.2, 0.25) is 0 Å². The molecule has 1 amide bonds. The molecule has 22 heavy (non-hydrogen) atoms. The standard InChI is InChI=1S/C17H20N4O/c1-5-6-18-16-10-15(19-13(4)20-16)17(22)21-14-8-11(2)7-12(3)9-14/h5,7-10H,1,6H2,2-4H3,(H,21,22)(H,18,19,20). The second-order valence-corrected chi connectivity index (χ2v) is 5.19. The highest BCUT2D eigenvalue weighted by Gasteiger charge is 2.11. The van der Waals surface area contributed by atoms with E-state index in [2.05, 4.69) is 33.2 Å². The van der Waals surface area contributed by atoms with Gasteiger partial charge in [0.25, 0.3) is 5.91 Å². The summed E-state index contributed by atoms with van der Waals surface area (Å²) in [6.07, 6.45) is 1.73. The van der Waals surface area contributed by atoms with Crippen LogP contribution in [0.5, 0.6) is 0 Å². The molecule has 0 radical (unpaired) electrons. The first-order valence-electron chi connectivity index (χ1n) is 7.08. The van der Waals surface area contributed by atoms with Gasteiger partial charge in [0.1, 0.15) is 17.3 Å². The van der Waals surface area contributed by atoms with Crippen molar-refractivity contribution >= 4 is 17.4 Å². The summed E-state index contributed by atoms with van der Waals surface area (Å²) in [4.78, 5) is 20.8. The third-order valence-corrected chi connectivity index (χ3v) is 2.98. The van der Waals surface area contributed by atoms with Gasteiger partial charge in [0.2, 0.25) is 0 Å². The SMILES string of the molecule is C=CCNc1cc(C(=O)Nc2cc(C)cc(C)c2)nc(C)n1. The van der Waals surface area contributed by atoms with Crippen LogP contribution in [0.15, 0.2) is 36.9 Å². The lowest BCUT2D eigenvalue weighted by molar-refractivity contribution is 0.102. The number of benzene rings is 1. The number of hydrogen-bond acceptors (Lipinski definition) is 4. The van der Waals surface area contributed by atoms with Crippen LogP contribution in [0.1, 0.15) is 27.4 Å². The third-order valence-electron chi connectivity index (χ3n) is 2.98. The molecule has 114 valence electrons. The first kappa shape index (κ1) is 15.7. The summed E-state index contributed by atoms with van der Waals surface area (Å²) in [5, 5.41) is 5.94. The number of hydrogen-bond donors (Lipinski definition) is 2. The molecule has 2 N–H and O–H groups in total. The Bertz CT molecular complexity index is 690. The smallest absolute Gasteiger partial charge is 0.274 e. The van der Waals surface area contributed by atoms with Gasteiger partial charge in [0, 0.05) is 18.3 Å². The minimum atomic E-state index is -0.253. The predicted molar refractivity (Wildman–Crippen MR) is 89.3 cm³/mol. The van der Waals surface area contributed by atoms with Crippen LogP contribution in [-0.4, -0.2) is 22.4 Å². The molecule has 0 saturated carbocycles. The topological polar surface area (TPSA) is 66.9 Å². The van der Waals surface area contributed by atoms with Gasteiger partial charge in [-0.05, 0) is 44.0 Å². The van der Waals surface area contributed by atoms with E-state index < -0.39 is 0 Å². The van der Waals surface area contributed by atoms with Crippen LogP contribution in [-0.2, 0) is 0 Å². The van der Waals surface area contributed by atoms with Crippen LogP contribution >= 0.6 is 0 Å². The van der Waals surface area contributed by atoms with Gasteiger partial charge in [-0.25, -0.2) is 9.97 Å². The number of nitrogens with one attached hydrogen (secondary N) is 2. The Labute approximate surface area is 130 Å². The van der Waals surface area contributed by atoms with E-state index in [0.29, 0.717) is 23.9 Å². The lowest BCUT2D eigenvalue weighted by Crippen LogP contribution is -2.16. The molecule has 0 unspecified atom stereocenters. The zero-order valence-corrected chi connectivity index (χ0v) is 13.1. The molecule has 1 aromatic heterocycles. The van der Waals surface area contributed by atoms with Gasteiger partial charge in [-0.3, -0.25) is 4.79 Å². The van der Waals surface area contributed by atoms with Crippen molar-refractivity contribution in [3.63, 3.8) is 0 Å². The molecule has 5 heteroatoms. The van der Waals surface area contributed by atoms with E-state index in [-0.39, 0.29) is 5.91 Å². The normalized spacial score (nSPS) is 10.1. The van der Waals surface area contributed by atoms with Gasteiger partial charge in [0.05, 0.1) is 0 Å². The molecule has 1 heterocycles. The summed E-state index contributed by atoms with van der Waals surface area (Å²) in [6, 6.07) is 7.54. The lowest BCUT2D eigenvalue weighted by Gasteiger charge is -2.09. The van der Waals surface area contributed by atoms with Crippen molar-refractivity contribution in [3.05, 3.63) is 59.6 Å². The van der Waals surface area contributed by atoms with Crippen molar-refractivity contribution in [2.45, 2.75) is 20.8 Å². The summed E-state index contributed by atoms with van der Waals surface area (Å²) in [5.41, 5.74) is 3.29. The van der Waals surface area contributed by atoms with Crippen molar-refractivity contribution in [1.29, 1.82) is 0 Å². The van der Waals surface area contributed by atoms with Gasteiger partial charge in [-0.2, -0.15) is 0 Å². The third kappa shape index (κ3) is 4.15. The average molecular weight is 296 g/mol. The van der Waals surface area contributed by atoms with E-state index in [4.69, 9.17) is 0 Å². The van der Waals surface area contributed by atoms with Gasteiger partial charge < -0.3 is 10.6 Å². The largest absolute Gasteiger partial charge is 0.366 e. The zero-order chi connectivity index (χ0) is 16.1. The van der Waals surface area contributed by atoms with Crippen molar-refractivity contribution < 1.29 is 4.79 Å². The maximum Gasteiger partial charge on any atom is 0.274 e. The summed E-state index contributed by atoms with van der Waals surface area (Å²) in [6.45, 7) is 9.97. The van der Waals surface area contributed by atoms with E-state index in [1.807, 2.05) is 26.0 Å². The highest BCUT2D eigenvalue weighted by atomic mass is 16.1. The van der Waals surface area contributed by atoms with Crippen LogP contribution in [0.4, 0.5) is 11.5 Å². The van der Waals surface area contributed by atoms with Crippen LogP contribution < -0.4 is 10.6 Å². The summed E-state index contributed by atoms with van der Waals surface area (Å²) in [7, 11) is 0. The zero-order valence-electron chi connectivity index (χ0n) is 13.1. The molecule has 5 nitrogen and oxygen atoms in total. The van der Waals surface area contributed by atoms with Gasteiger partial charge in [-0.1, -0.05) is 12.1 Å². The molecule has 0 aliphatic rings. The van der Waals surface area contributed by atoms with Crippen molar-refractivity contribution in [1.82, 2.24) is 9.97 Å². The van der Waals surface area contributed by atoms with Gasteiger partial charge >= 0.3 is 0 Å². The quantitative estimate of drug-likeness (QED) is 0.831. The second kappa shape index (κ2) is 6.85. The van der Waals surface area contributed by atoms with E-state index in [9.17, 15) is 4.79 Å². The van der Waals surface area contributed by atoms with Crippen LogP contribution in [0, 0.1) is 20.8 Å². The Morgan fingerprint density at radius 1 is 1.14 bits per heavy atom. The van der Waals surface area contributed by atoms with Crippen LogP contribution in [0.25, 0.3) is 0 Å². The lowest BCUT2D eigenvalue weighted by atomic mass is 10.1. The number of aromatic nitrogens is 2. The Hall–Kier alpha value is -2.69. The maximum atomic E-state index is 12.4. The van der Waals surface area contributed by atoms with Crippen molar-refractivity contribution in [2.75, 3.05) is 17.2 Å². The average Bonchev–Trinajstić information content (AvgIpc) is 2.43. The number of carbonyl (C=O) groups excluding carboxylic acids is 1. The van der Waals surface area contributed by atoms with Gasteiger partial charge in [0.15, 0.2) is 0 Å². The van der Waals surface area contributed by atoms with E-state index in [1.54, 1.807) is 19.1 Å². The van der Waals surface area contributed by atoms with Crippen LogP contribution in [0.3, 0.4) is 0 Å². The molecule has 1 aromatic carbocycles. The fourth-order valence-electron chi connectivity index (χ4n) is 2.19. The number of anilines is 2. The fourth-order valence-corrected chi connectivity index (χ4v) is 2.19.